The van der Waals surface area contributed by atoms with Crippen LogP contribution < -0.4 is 5.32 Å². The van der Waals surface area contributed by atoms with Crippen LogP contribution in [-0.4, -0.2) is 45.1 Å². The van der Waals surface area contributed by atoms with Crippen molar-refractivity contribution < 1.29 is 0 Å². The predicted molar refractivity (Wildman–Crippen MR) is 92.0 cm³/mol. The summed E-state index contributed by atoms with van der Waals surface area (Å²) in [5.74, 6) is 0. The minimum Gasteiger partial charge on any atom is -0.308 e. The van der Waals surface area contributed by atoms with Crippen LogP contribution in [0.15, 0.2) is 36.5 Å². The van der Waals surface area contributed by atoms with Gasteiger partial charge in [-0.1, -0.05) is 30.3 Å². The van der Waals surface area contributed by atoms with Gasteiger partial charge in [0.15, 0.2) is 0 Å². The molecule has 1 saturated heterocycles. The zero-order valence-electron chi connectivity index (χ0n) is 14.2. The third-order valence-corrected chi connectivity index (χ3v) is 4.75. The van der Waals surface area contributed by atoms with Crippen molar-refractivity contribution in [2.75, 3.05) is 13.1 Å². The number of likely N-dealkylation sites (tertiary alicyclic amines) is 1. The zero-order chi connectivity index (χ0) is 16.1. The van der Waals surface area contributed by atoms with Gasteiger partial charge in [-0.25, -0.2) is 0 Å². The van der Waals surface area contributed by atoms with Gasteiger partial charge in [0.25, 0.3) is 0 Å². The lowest BCUT2D eigenvalue weighted by atomic mass is 10.00. The first kappa shape index (κ1) is 16.1. The molecule has 1 fully saturated rings. The topological polar surface area (TPSA) is 46.0 Å². The third-order valence-electron chi connectivity index (χ3n) is 4.75. The molecule has 0 amide bonds. The number of hydrogen-bond acceptors (Lipinski definition) is 4. The molecule has 1 aromatic carbocycles. The van der Waals surface area contributed by atoms with Crippen molar-refractivity contribution in [2.45, 2.75) is 44.8 Å². The first-order valence-corrected chi connectivity index (χ1v) is 8.57. The summed E-state index contributed by atoms with van der Waals surface area (Å²) in [6.07, 6.45) is 5.39. The monoisotopic (exact) mass is 313 g/mol. The van der Waals surface area contributed by atoms with E-state index in [0.29, 0.717) is 12.1 Å². The molecule has 1 aliphatic rings. The number of nitrogens with zero attached hydrogens (tertiary/aromatic N) is 4. The van der Waals surface area contributed by atoms with E-state index in [1.165, 1.54) is 31.5 Å². The second-order valence-corrected chi connectivity index (χ2v) is 6.56. The van der Waals surface area contributed by atoms with Crippen LogP contribution in [0.5, 0.6) is 0 Å². The SMILES string of the molecule is CC(Cc1ccccc1)N1CCC(NCc2cnn(C)n2)CC1. The highest BCUT2D eigenvalue weighted by atomic mass is 15.4. The summed E-state index contributed by atoms with van der Waals surface area (Å²) in [6, 6.07) is 12.0. The van der Waals surface area contributed by atoms with E-state index >= 15 is 0 Å². The third kappa shape index (κ3) is 4.62. The largest absolute Gasteiger partial charge is 0.308 e. The number of aryl methyl sites for hydroxylation is 1. The molecule has 1 atom stereocenters. The summed E-state index contributed by atoms with van der Waals surface area (Å²) in [7, 11) is 1.86. The Hall–Kier alpha value is -1.72. The van der Waals surface area contributed by atoms with Gasteiger partial charge >= 0.3 is 0 Å². The van der Waals surface area contributed by atoms with Crippen LogP contribution in [0.2, 0.25) is 0 Å². The predicted octanol–water partition coefficient (Wildman–Crippen LogP) is 2.00. The Kier molecular flexibility index (Phi) is 5.41. The van der Waals surface area contributed by atoms with E-state index in [9.17, 15) is 0 Å². The molecule has 0 aliphatic carbocycles. The molecular weight excluding hydrogens is 286 g/mol. The highest BCUT2D eigenvalue weighted by molar-refractivity contribution is 5.15. The first-order chi connectivity index (χ1) is 11.2. The van der Waals surface area contributed by atoms with Crippen LogP contribution in [0.4, 0.5) is 0 Å². The van der Waals surface area contributed by atoms with Gasteiger partial charge in [0.2, 0.25) is 0 Å². The molecule has 2 heterocycles. The summed E-state index contributed by atoms with van der Waals surface area (Å²) >= 11 is 0. The zero-order valence-corrected chi connectivity index (χ0v) is 14.2. The maximum absolute atomic E-state index is 4.32. The van der Waals surface area contributed by atoms with E-state index in [1.807, 2.05) is 13.2 Å². The lowest BCUT2D eigenvalue weighted by molar-refractivity contribution is 0.151. The molecule has 23 heavy (non-hydrogen) atoms. The highest BCUT2D eigenvalue weighted by Gasteiger charge is 2.22. The van der Waals surface area contributed by atoms with Crippen molar-refractivity contribution in [2.24, 2.45) is 7.05 Å². The molecule has 0 bridgehead atoms. The van der Waals surface area contributed by atoms with E-state index < -0.39 is 0 Å². The van der Waals surface area contributed by atoms with Crippen LogP contribution in [0.1, 0.15) is 31.0 Å². The molecule has 124 valence electrons. The van der Waals surface area contributed by atoms with Crippen molar-refractivity contribution in [3.8, 4) is 0 Å². The molecule has 0 radical (unpaired) electrons. The number of aromatic nitrogens is 3. The second-order valence-electron chi connectivity index (χ2n) is 6.56. The summed E-state index contributed by atoms with van der Waals surface area (Å²) in [6.45, 7) is 5.51. The number of hydrogen-bond donors (Lipinski definition) is 1. The molecule has 1 aromatic heterocycles. The van der Waals surface area contributed by atoms with Crippen LogP contribution in [-0.2, 0) is 20.0 Å². The van der Waals surface area contributed by atoms with Gasteiger partial charge in [-0.2, -0.15) is 15.0 Å². The van der Waals surface area contributed by atoms with Gasteiger partial charge < -0.3 is 10.2 Å². The molecule has 2 aromatic rings. The summed E-state index contributed by atoms with van der Waals surface area (Å²) in [4.78, 5) is 4.23. The fourth-order valence-electron chi connectivity index (χ4n) is 3.35. The maximum Gasteiger partial charge on any atom is 0.0964 e. The van der Waals surface area contributed by atoms with Gasteiger partial charge in [-0.3, -0.25) is 0 Å². The lowest BCUT2D eigenvalue weighted by Gasteiger charge is -2.36. The van der Waals surface area contributed by atoms with Crippen molar-refractivity contribution >= 4 is 0 Å². The Morgan fingerprint density at radius 3 is 2.61 bits per heavy atom. The Bertz CT molecular complexity index is 586. The standard InChI is InChI=1S/C18H27N5/c1-15(12-16-6-4-3-5-7-16)23-10-8-17(9-11-23)19-13-18-14-20-22(2)21-18/h3-7,14-15,17,19H,8-13H2,1-2H3. The second kappa shape index (κ2) is 7.70. The molecule has 5 heteroatoms. The first-order valence-electron chi connectivity index (χ1n) is 8.57. The number of piperidine rings is 1. The molecule has 0 spiro atoms. The van der Waals surface area contributed by atoms with Gasteiger partial charge in [0.05, 0.1) is 11.9 Å². The Labute approximate surface area is 138 Å². The van der Waals surface area contributed by atoms with Crippen molar-refractivity contribution in [1.29, 1.82) is 0 Å². The maximum atomic E-state index is 4.32. The van der Waals surface area contributed by atoms with Crippen molar-refractivity contribution in [3.05, 3.63) is 47.8 Å². The smallest absolute Gasteiger partial charge is 0.0964 e. The van der Waals surface area contributed by atoms with Gasteiger partial charge in [-0.05, 0) is 44.8 Å². The Morgan fingerprint density at radius 1 is 1.22 bits per heavy atom. The van der Waals surface area contributed by atoms with Crippen molar-refractivity contribution in [3.63, 3.8) is 0 Å². The molecule has 3 rings (SSSR count). The highest BCUT2D eigenvalue weighted by Crippen LogP contribution is 2.16. The number of rotatable bonds is 6. The van der Waals surface area contributed by atoms with Gasteiger partial charge in [-0.15, -0.1) is 0 Å². The number of benzene rings is 1. The minimum absolute atomic E-state index is 0.595. The van der Waals surface area contributed by atoms with Gasteiger partial charge in [0, 0.05) is 25.7 Å². The van der Waals surface area contributed by atoms with Crippen LogP contribution in [0.25, 0.3) is 0 Å². The molecular formula is C18H27N5. The normalized spacial score (nSPS) is 18.2. The molecule has 1 N–H and O–H groups in total. The van der Waals surface area contributed by atoms with Crippen molar-refractivity contribution in [1.82, 2.24) is 25.2 Å². The fraction of sp³-hybridized carbons (Fsp3) is 0.556. The summed E-state index contributed by atoms with van der Waals surface area (Å²) in [5.41, 5.74) is 2.45. The Morgan fingerprint density at radius 2 is 1.96 bits per heavy atom. The summed E-state index contributed by atoms with van der Waals surface area (Å²) in [5, 5.41) is 12.0. The van der Waals surface area contributed by atoms with E-state index in [2.05, 4.69) is 57.7 Å². The molecule has 0 saturated carbocycles. The van der Waals surface area contributed by atoms with Crippen LogP contribution in [0.3, 0.4) is 0 Å². The average molecular weight is 313 g/mol. The summed E-state index contributed by atoms with van der Waals surface area (Å²) < 4.78 is 0. The van der Waals surface area contributed by atoms with E-state index in [1.54, 1.807) is 4.80 Å². The van der Waals surface area contributed by atoms with Crippen LogP contribution in [0, 0.1) is 0 Å². The Balaban J connectivity index is 1.41. The molecule has 1 unspecified atom stereocenters. The van der Waals surface area contributed by atoms with E-state index in [-0.39, 0.29) is 0 Å². The molecule has 5 nitrogen and oxygen atoms in total. The van der Waals surface area contributed by atoms with E-state index in [4.69, 9.17) is 0 Å². The lowest BCUT2D eigenvalue weighted by Crippen LogP contribution is -2.46. The van der Waals surface area contributed by atoms with Crippen LogP contribution >= 0.6 is 0 Å². The number of nitrogens with one attached hydrogen (secondary N) is 1. The van der Waals surface area contributed by atoms with E-state index in [0.717, 1.165) is 18.7 Å². The molecule has 1 aliphatic heterocycles. The van der Waals surface area contributed by atoms with Gasteiger partial charge in [0.1, 0.15) is 0 Å². The quantitative estimate of drug-likeness (QED) is 0.886. The average Bonchev–Trinajstić information content (AvgIpc) is 3.00. The fourth-order valence-corrected chi connectivity index (χ4v) is 3.35. The minimum atomic E-state index is 0.595.